The van der Waals surface area contributed by atoms with Crippen LogP contribution >= 0.6 is 0 Å². The monoisotopic (exact) mass is 197 g/mol. The SMILES string of the molecule is [C-]#[N+]c1ccc(OS(C)(=O)=O)cc1. The van der Waals surface area contributed by atoms with Crippen LogP contribution in [0.1, 0.15) is 0 Å². The lowest BCUT2D eigenvalue weighted by Gasteiger charge is -2.01. The second kappa shape index (κ2) is 3.46. The molecule has 0 amide bonds. The van der Waals surface area contributed by atoms with E-state index in [0.29, 0.717) is 5.69 Å². The molecule has 0 aliphatic carbocycles. The van der Waals surface area contributed by atoms with Crippen LogP contribution in [0.15, 0.2) is 24.3 Å². The Bertz CT molecular complexity index is 427. The summed E-state index contributed by atoms with van der Waals surface area (Å²) in [5, 5.41) is 0. The van der Waals surface area contributed by atoms with Crippen LogP contribution < -0.4 is 4.18 Å². The van der Waals surface area contributed by atoms with Crippen LogP contribution in [0.5, 0.6) is 5.75 Å². The van der Waals surface area contributed by atoms with Gasteiger partial charge in [-0.05, 0) is 12.1 Å². The lowest BCUT2D eigenvalue weighted by Crippen LogP contribution is -2.05. The van der Waals surface area contributed by atoms with Crippen molar-refractivity contribution in [1.82, 2.24) is 0 Å². The Morgan fingerprint density at radius 1 is 1.31 bits per heavy atom. The highest BCUT2D eigenvalue weighted by Crippen LogP contribution is 2.18. The fraction of sp³-hybridized carbons (Fsp3) is 0.125. The van der Waals surface area contributed by atoms with Crippen LogP contribution in [-0.4, -0.2) is 14.7 Å². The average molecular weight is 197 g/mol. The van der Waals surface area contributed by atoms with Crippen molar-refractivity contribution >= 4 is 15.8 Å². The van der Waals surface area contributed by atoms with E-state index in [0.717, 1.165) is 6.26 Å². The van der Waals surface area contributed by atoms with Crippen molar-refractivity contribution in [3.63, 3.8) is 0 Å². The molecule has 1 aromatic carbocycles. The zero-order valence-corrected chi connectivity index (χ0v) is 7.71. The number of benzene rings is 1. The molecule has 0 unspecified atom stereocenters. The van der Waals surface area contributed by atoms with Gasteiger partial charge in [0.05, 0.1) is 12.8 Å². The van der Waals surface area contributed by atoms with Gasteiger partial charge < -0.3 is 4.18 Å². The standard InChI is InChI=1S/C8H7NO3S/c1-9-7-3-5-8(6-4-7)12-13(2,10)11/h3-6H,2H3. The van der Waals surface area contributed by atoms with Gasteiger partial charge in [-0.1, -0.05) is 12.1 Å². The molecule has 13 heavy (non-hydrogen) atoms. The fourth-order valence-electron chi connectivity index (χ4n) is 0.751. The molecule has 0 saturated carbocycles. The molecule has 0 heterocycles. The van der Waals surface area contributed by atoms with Crippen LogP contribution in [0.4, 0.5) is 5.69 Å². The summed E-state index contributed by atoms with van der Waals surface area (Å²) < 4.78 is 25.9. The highest BCUT2D eigenvalue weighted by Gasteiger charge is 2.02. The predicted molar refractivity (Wildman–Crippen MR) is 48.2 cm³/mol. The van der Waals surface area contributed by atoms with E-state index in [1.807, 2.05) is 0 Å². The molecule has 0 aromatic heterocycles. The molecular formula is C8H7NO3S. The van der Waals surface area contributed by atoms with Crippen molar-refractivity contribution in [2.24, 2.45) is 0 Å². The first kappa shape index (κ1) is 9.55. The third-order valence-electron chi connectivity index (χ3n) is 1.21. The molecule has 4 nitrogen and oxygen atoms in total. The van der Waals surface area contributed by atoms with Crippen molar-refractivity contribution < 1.29 is 12.6 Å². The molecule has 0 aliphatic rings. The van der Waals surface area contributed by atoms with Crippen molar-refractivity contribution in [3.05, 3.63) is 35.7 Å². The maximum absolute atomic E-state index is 10.7. The van der Waals surface area contributed by atoms with E-state index in [1.54, 1.807) is 0 Å². The summed E-state index contributed by atoms with van der Waals surface area (Å²) in [5.74, 6) is 0.218. The number of nitrogens with zero attached hydrogens (tertiary/aromatic N) is 1. The third kappa shape index (κ3) is 3.13. The van der Waals surface area contributed by atoms with Crippen molar-refractivity contribution in [2.45, 2.75) is 0 Å². The van der Waals surface area contributed by atoms with Gasteiger partial charge in [-0.2, -0.15) is 8.42 Å². The van der Waals surface area contributed by atoms with Gasteiger partial charge in [0.15, 0.2) is 5.69 Å². The van der Waals surface area contributed by atoms with E-state index < -0.39 is 10.1 Å². The molecule has 0 saturated heterocycles. The Balaban J connectivity index is 2.89. The van der Waals surface area contributed by atoms with Crippen LogP contribution in [0.2, 0.25) is 0 Å². The smallest absolute Gasteiger partial charge is 0.306 e. The molecule has 0 radical (unpaired) electrons. The second-order valence-corrected chi connectivity index (χ2v) is 3.97. The summed E-state index contributed by atoms with van der Waals surface area (Å²) in [7, 11) is -3.47. The molecule has 1 aromatic rings. The quantitative estimate of drug-likeness (QED) is 0.534. The van der Waals surface area contributed by atoms with Gasteiger partial charge in [-0.25, -0.2) is 4.85 Å². The van der Waals surface area contributed by atoms with Crippen LogP contribution in [0.25, 0.3) is 4.85 Å². The predicted octanol–water partition coefficient (Wildman–Crippen LogP) is 1.58. The van der Waals surface area contributed by atoms with Gasteiger partial charge >= 0.3 is 10.1 Å². The molecular weight excluding hydrogens is 190 g/mol. The fourth-order valence-corrected chi connectivity index (χ4v) is 1.21. The number of rotatable bonds is 2. The summed E-state index contributed by atoms with van der Waals surface area (Å²) in [5.41, 5.74) is 0.445. The minimum atomic E-state index is -3.47. The first-order valence-electron chi connectivity index (χ1n) is 3.38. The Labute approximate surface area is 76.7 Å². The van der Waals surface area contributed by atoms with E-state index in [4.69, 9.17) is 6.57 Å². The summed E-state index contributed by atoms with van der Waals surface area (Å²) in [6, 6.07) is 5.86. The van der Waals surface area contributed by atoms with Gasteiger partial charge in [0.1, 0.15) is 5.75 Å². The average Bonchev–Trinajstić information content (AvgIpc) is 2.03. The van der Waals surface area contributed by atoms with Gasteiger partial charge in [0, 0.05) is 0 Å². The van der Waals surface area contributed by atoms with Crippen molar-refractivity contribution in [1.29, 1.82) is 0 Å². The van der Waals surface area contributed by atoms with Crippen LogP contribution in [0.3, 0.4) is 0 Å². The molecule has 0 bridgehead atoms. The second-order valence-electron chi connectivity index (χ2n) is 2.39. The maximum atomic E-state index is 10.7. The van der Waals surface area contributed by atoms with Crippen molar-refractivity contribution in [2.75, 3.05) is 6.26 Å². The Kier molecular flexibility index (Phi) is 2.54. The highest BCUT2D eigenvalue weighted by atomic mass is 32.2. The Morgan fingerprint density at radius 2 is 1.85 bits per heavy atom. The van der Waals surface area contributed by atoms with E-state index >= 15 is 0 Å². The minimum Gasteiger partial charge on any atom is -0.383 e. The highest BCUT2D eigenvalue weighted by molar-refractivity contribution is 7.86. The zero-order chi connectivity index (χ0) is 9.90. The first-order valence-corrected chi connectivity index (χ1v) is 5.20. The van der Waals surface area contributed by atoms with Crippen molar-refractivity contribution in [3.8, 4) is 5.75 Å². The molecule has 0 spiro atoms. The van der Waals surface area contributed by atoms with Crippen LogP contribution in [0, 0.1) is 6.57 Å². The molecule has 68 valence electrons. The van der Waals surface area contributed by atoms with E-state index in [-0.39, 0.29) is 5.75 Å². The molecule has 1 rings (SSSR count). The molecule has 0 N–H and O–H groups in total. The molecule has 0 aliphatic heterocycles. The minimum absolute atomic E-state index is 0.218. The lowest BCUT2D eigenvalue weighted by atomic mass is 10.3. The van der Waals surface area contributed by atoms with E-state index in [9.17, 15) is 8.42 Å². The number of hydrogen-bond acceptors (Lipinski definition) is 3. The first-order chi connectivity index (χ1) is 6.01. The third-order valence-corrected chi connectivity index (χ3v) is 1.71. The Morgan fingerprint density at radius 3 is 2.23 bits per heavy atom. The molecule has 0 atom stereocenters. The lowest BCUT2D eigenvalue weighted by molar-refractivity contribution is 0.493. The van der Waals surface area contributed by atoms with E-state index in [1.165, 1.54) is 24.3 Å². The van der Waals surface area contributed by atoms with E-state index in [2.05, 4.69) is 9.03 Å². The summed E-state index contributed by atoms with van der Waals surface area (Å²) in [4.78, 5) is 3.15. The van der Waals surface area contributed by atoms with Gasteiger partial charge in [0.2, 0.25) is 0 Å². The van der Waals surface area contributed by atoms with Crippen LogP contribution in [-0.2, 0) is 10.1 Å². The van der Waals surface area contributed by atoms with Gasteiger partial charge in [0.25, 0.3) is 0 Å². The molecule has 5 heteroatoms. The molecule has 0 fully saturated rings. The topological polar surface area (TPSA) is 47.7 Å². The van der Waals surface area contributed by atoms with Gasteiger partial charge in [-0.3, -0.25) is 0 Å². The summed E-state index contributed by atoms with van der Waals surface area (Å²) in [6.45, 7) is 6.66. The van der Waals surface area contributed by atoms with Gasteiger partial charge in [-0.15, -0.1) is 0 Å². The largest absolute Gasteiger partial charge is 0.383 e. The maximum Gasteiger partial charge on any atom is 0.306 e. The number of hydrogen-bond donors (Lipinski definition) is 0. The zero-order valence-electron chi connectivity index (χ0n) is 6.89. The normalized spacial score (nSPS) is 10.5. The summed E-state index contributed by atoms with van der Waals surface area (Å²) in [6.07, 6.45) is 0.968. The summed E-state index contributed by atoms with van der Waals surface area (Å²) >= 11 is 0. The Hall–Kier alpha value is -1.54.